The molecule has 2 atom stereocenters. The number of aryl methyl sites for hydroxylation is 2. The normalized spacial score (nSPS) is 27.3. The zero-order valence-corrected chi connectivity index (χ0v) is 27.4. The first-order chi connectivity index (χ1) is 21.1. The van der Waals surface area contributed by atoms with E-state index >= 15 is 0 Å². The number of nitrogens with zero attached hydrogens (tertiary/aromatic N) is 2. The van der Waals surface area contributed by atoms with E-state index in [-0.39, 0.29) is 22.7 Å². The molecule has 2 heterocycles. The second-order valence-corrected chi connectivity index (χ2v) is 15.5. The van der Waals surface area contributed by atoms with Crippen molar-refractivity contribution >= 4 is 16.0 Å². The molecule has 2 saturated carbocycles. The molecule has 6 rings (SSSR count). The van der Waals surface area contributed by atoms with Crippen LogP contribution in [0.25, 0.3) is 11.3 Å². The summed E-state index contributed by atoms with van der Waals surface area (Å²) in [5, 5.41) is 3.63. The van der Waals surface area contributed by atoms with Gasteiger partial charge in [-0.15, -0.1) is 0 Å². The molecule has 9 heteroatoms. The number of hydrogen-bond donors (Lipinski definition) is 2. The van der Waals surface area contributed by atoms with Crippen molar-refractivity contribution in [2.75, 3.05) is 31.6 Å². The molecule has 0 radical (unpaired) electrons. The first-order valence-electron chi connectivity index (χ1n) is 16.0. The van der Waals surface area contributed by atoms with Gasteiger partial charge in [0.05, 0.1) is 23.8 Å². The van der Waals surface area contributed by atoms with Gasteiger partial charge in [0.2, 0.25) is 11.8 Å². The highest BCUT2D eigenvalue weighted by Crippen LogP contribution is 2.63. The van der Waals surface area contributed by atoms with E-state index in [1.807, 2.05) is 50.2 Å². The van der Waals surface area contributed by atoms with Crippen LogP contribution >= 0.6 is 0 Å². The van der Waals surface area contributed by atoms with Crippen LogP contribution in [0.3, 0.4) is 0 Å². The summed E-state index contributed by atoms with van der Waals surface area (Å²) >= 11 is 0. The Morgan fingerprint density at radius 1 is 1.05 bits per heavy atom. The van der Waals surface area contributed by atoms with Crippen molar-refractivity contribution in [3.8, 4) is 17.1 Å². The van der Waals surface area contributed by atoms with E-state index in [2.05, 4.69) is 39.9 Å². The third-order valence-electron chi connectivity index (χ3n) is 9.94. The minimum Gasteiger partial charge on any atom is -0.477 e. The second-order valence-electron chi connectivity index (χ2n) is 13.8. The zero-order chi connectivity index (χ0) is 31.1. The Morgan fingerprint density at radius 2 is 1.77 bits per heavy atom. The molecular formula is C35H46N4O4S. The summed E-state index contributed by atoms with van der Waals surface area (Å²) in [6, 6.07) is 16.0. The molecule has 236 valence electrons. The van der Waals surface area contributed by atoms with Crippen molar-refractivity contribution < 1.29 is 17.9 Å². The van der Waals surface area contributed by atoms with Crippen molar-refractivity contribution in [1.29, 1.82) is 0 Å². The van der Waals surface area contributed by atoms with Gasteiger partial charge in [0, 0.05) is 37.2 Å². The fourth-order valence-corrected chi connectivity index (χ4v) is 9.14. The molecule has 2 aliphatic carbocycles. The average Bonchev–Trinajstić information content (AvgIpc) is 2.92. The van der Waals surface area contributed by atoms with E-state index in [9.17, 15) is 8.42 Å². The highest BCUT2D eigenvalue weighted by molar-refractivity contribution is 7.92. The monoisotopic (exact) mass is 618 g/mol. The van der Waals surface area contributed by atoms with Gasteiger partial charge in [0.15, 0.2) is 0 Å². The highest BCUT2D eigenvalue weighted by Gasteiger charge is 2.55. The minimum atomic E-state index is -3.93. The molecule has 44 heavy (non-hydrogen) atoms. The molecule has 4 bridgehead atoms. The van der Waals surface area contributed by atoms with Crippen LogP contribution in [0.1, 0.15) is 68.6 Å². The Bertz CT molecular complexity index is 1570. The zero-order valence-electron chi connectivity index (χ0n) is 26.6. The van der Waals surface area contributed by atoms with Crippen molar-refractivity contribution in [2.45, 2.75) is 76.7 Å². The average molecular weight is 619 g/mol. The summed E-state index contributed by atoms with van der Waals surface area (Å²) in [4.78, 5) is 9.45. The Balaban J connectivity index is 1.34. The topological polar surface area (TPSA) is 102 Å². The largest absolute Gasteiger partial charge is 0.477 e. The van der Waals surface area contributed by atoms with Gasteiger partial charge in [-0.05, 0) is 97.9 Å². The Hall–Kier alpha value is -3.01. The van der Waals surface area contributed by atoms with Crippen LogP contribution in [0.4, 0.5) is 5.95 Å². The lowest BCUT2D eigenvalue weighted by Crippen LogP contribution is -2.56. The maximum absolute atomic E-state index is 13.7. The van der Waals surface area contributed by atoms with Gasteiger partial charge in [-0.1, -0.05) is 44.2 Å². The molecule has 0 amide bonds. The molecule has 1 aliphatic heterocycles. The number of anilines is 1. The molecule has 3 aromatic rings. The first-order valence-corrected chi connectivity index (χ1v) is 17.5. The molecule has 8 nitrogen and oxygen atoms in total. The van der Waals surface area contributed by atoms with E-state index in [0.29, 0.717) is 41.5 Å². The van der Waals surface area contributed by atoms with Crippen LogP contribution < -0.4 is 14.8 Å². The molecule has 1 spiro atoms. The lowest BCUT2D eigenvalue weighted by molar-refractivity contribution is -0.0698. The number of ether oxygens (including phenoxy) is 2. The van der Waals surface area contributed by atoms with Gasteiger partial charge >= 0.3 is 0 Å². The number of benzene rings is 2. The number of methoxy groups -OCH3 is 1. The molecular weight excluding hydrogens is 572 g/mol. The van der Waals surface area contributed by atoms with Crippen molar-refractivity contribution in [3.05, 3.63) is 65.2 Å². The maximum atomic E-state index is 13.7. The number of nitrogens with one attached hydrogen (secondary N) is 2. The van der Waals surface area contributed by atoms with Crippen LogP contribution in [0.15, 0.2) is 53.4 Å². The third-order valence-corrected chi connectivity index (χ3v) is 11.3. The van der Waals surface area contributed by atoms with Crippen LogP contribution in [-0.2, 0) is 14.8 Å². The maximum Gasteiger partial charge on any atom is 0.264 e. The quantitative estimate of drug-likeness (QED) is 0.278. The lowest BCUT2D eigenvalue weighted by atomic mass is 9.46. The number of rotatable bonds is 8. The molecule has 0 saturated heterocycles. The van der Waals surface area contributed by atoms with E-state index in [4.69, 9.17) is 9.47 Å². The van der Waals surface area contributed by atoms with Crippen LogP contribution in [0, 0.1) is 37.0 Å². The molecule has 3 aliphatic rings. The Kier molecular flexibility index (Phi) is 8.74. The summed E-state index contributed by atoms with van der Waals surface area (Å²) in [5.41, 5.74) is 5.20. The smallest absolute Gasteiger partial charge is 0.264 e. The number of sulfonamides is 1. The first kappa shape index (κ1) is 31.0. The van der Waals surface area contributed by atoms with Crippen molar-refractivity contribution in [2.24, 2.45) is 23.2 Å². The summed E-state index contributed by atoms with van der Waals surface area (Å²) in [5.74, 6) is 1.75. The molecule has 1 aromatic heterocycles. The summed E-state index contributed by atoms with van der Waals surface area (Å²) < 4.78 is 41.9. The van der Waals surface area contributed by atoms with E-state index < -0.39 is 10.0 Å². The van der Waals surface area contributed by atoms with E-state index in [1.54, 1.807) is 13.2 Å². The van der Waals surface area contributed by atoms with Gasteiger partial charge in [0.25, 0.3) is 10.0 Å². The van der Waals surface area contributed by atoms with Crippen LogP contribution in [0.5, 0.6) is 5.88 Å². The minimum absolute atomic E-state index is 0.0164. The standard InChI is InChI=1S/C35H46N4O4S/c1-22(2)14-26-21-43-31-16-30(32-23(3)8-6-9-24(32)4)37-34(38-31)39-44(40,41)29-11-7-10-25(15-29)33(26)27-17-35(18-27)19-28(20-35)36-12-13-42-5/h6-11,15-16,22,26-28,33,36H,12-14,17-21H2,1-5H3,(H,37,38,39)/t26-,27?,28?,33?,35?/m1/s1. The Morgan fingerprint density at radius 3 is 2.48 bits per heavy atom. The van der Waals surface area contributed by atoms with Crippen molar-refractivity contribution in [1.82, 2.24) is 15.3 Å². The highest BCUT2D eigenvalue weighted by atomic mass is 32.2. The summed E-state index contributed by atoms with van der Waals surface area (Å²) in [6.45, 7) is 10.7. The SMILES string of the molecule is COCCNC1CC2(C1)CC(C1c3cccc(c3)S(=O)(=O)Nc3nc(cc(-c4c(C)cccc4C)n3)OC[C@H]1CC(C)C)C2. The van der Waals surface area contributed by atoms with Gasteiger partial charge in [-0.3, -0.25) is 0 Å². The van der Waals surface area contributed by atoms with Gasteiger partial charge in [-0.25, -0.2) is 18.1 Å². The lowest BCUT2D eigenvalue weighted by Gasteiger charge is -2.60. The van der Waals surface area contributed by atoms with Crippen LogP contribution in [-0.4, -0.2) is 51.3 Å². The van der Waals surface area contributed by atoms with Crippen LogP contribution in [0.2, 0.25) is 0 Å². The Labute approximate surface area is 262 Å². The summed E-state index contributed by atoms with van der Waals surface area (Å²) in [6.07, 6.45) is 5.71. The summed E-state index contributed by atoms with van der Waals surface area (Å²) in [7, 11) is -2.19. The molecule has 2 N–H and O–H groups in total. The van der Waals surface area contributed by atoms with Crippen molar-refractivity contribution in [3.63, 3.8) is 0 Å². The molecule has 2 aromatic carbocycles. The molecule has 1 unspecified atom stereocenters. The number of hydrogen-bond acceptors (Lipinski definition) is 7. The predicted octanol–water partition coefficient (Wildman–Crippen LogP) is 6.49. The second kappa shape index (κ2) is 12.4. The number of aromatic nitrogens is 2. The predicted molar refractivity (Wildman–Crippen MR) is 173 cm³/mol. The fraction of sp³-hybridized carbons (Fsp3) is 0.543. The molecule has 2 fully saturated rings. The van der Waals surface area contributed by atoms with Gasteiger partial charge in [0.1, 0.15) is 0 Å². The third kappa shape index (κ3) is 6.37. The number of fused-ring (bicyclic) bond motifs is 4. The van der Waals surface area contributed by atoms with E-state index in [0.717, 1.165) is 54.7 Å². The fourth-order valence-electron chi connectivity index (χ4n) is 8.14. The van der Waals surface area contributed by atoms with E-state index in [1.165, 1.54) is 12.8 Å². The van der Waals surface area contributed by atoms with Gasteiger partial charge < -0.3 is 14.8 Å². The van der Waals surface area contributed by atoms with Gasteiger partial charge in [-0.2, -0.15) is 4.98 Å².